The van der Waals surface area contributed by atoms with Crippen molar-refractivity contribution in [2.75, 3.05) is 9.80 Å². The van der Waals surface area contributed by atoms with Gasteiger partial charge in [-0.2, -0.15) is 13.2 Å². The van der Waals surface area contributed by atoms with Crippen LogP contribution in [0.1, 0.15) is 11.1 Å². The highest BCUT2D eigenvalue weighted by atomic mass is 19.4. The Labute approximate surface area is 350 Å². The van der Waals surface area contributed by atoms with Crippen molar-refractivity contribution >= 4 is 98.8 Å². The number of halogens is 3. The molecule has 292 valence electrons. The van der Waals surface area contributed by atoms with Gasteiger partial charge in [-0.3, -0.25) is 0 Å². The van der Waals surface area contributed by atoms with Crippen molar-refractivity contribution in [3.8, 4) is 0 Å². The molecule has 0 amide bonds. The van der Waals surface area contributed by atoms with Gasteiger partial charge < -0.3 is 9.80 Å². The van der Waals surface area contributed by atoms with Gasteiger partial charge in [0, 0.05) is 34.1 Å². The van der Waals surface area contributed by atoms with E-state index in [0.717, 1.165) is 98.9 Å². The van der Waals surface area contributed by atoms with E-state index in [2.05, 4.69) is 132 Å². The summed E-state index contributed by atoms with van der Waals surface area (Å²) in [7, 11) is 0. The fourth-order valence-electron chi connectivity index (χ4n) is 9.25. The number of anilines is 6. The summed E-state index contributed by atoms with van der Waals surface area (Å²) < 4.78 is 43.6. The molecule has 0 aliphatic carbocycles. The van der Waals surface area contributed by atoms with Crippen molar-refractivity contribution < 1.29 is 13.2 Å². The zero-order valence-corrected chi connectivity index (χ0v) is 33.2. The number of rotatable bonds is 6. The molecule has 0 saturated carbocycles. The summed E-state index contributed by atoms with van der Waals surface area (Å²) in [6, 6.07) is 69.1. The largest absolute Gasteiger partial charge is 0.416 e. The molecule has 11 rings (SSSR count). The Hall–Kier alpha value is -7.63. The number of benzene rings is 11. The number of hydrogen-bond donors (Lipinski definition) is 0. The summed E-state index contributed by atoms with van der Waals surface area (Å²) >= 11 is 0. The number of nitrogens with zero attached hydrogens (tertiary/aromatic N) is 2. The topological polar surface area (TPSA) is 6.48 Å². The van der Waals surface area contributed by atoms with E-state index >= 15 is 0 Å². The normalized spacial score (nSPS) is 11.9. The van der Waals surface area contributed by atoms with Crippen LogP contribution in [0.3, 0.4) is 0 Å². The maximum absolute atomic E-state index is 14.5. The van der Waals surface area contributed by atoms with E-state index < -0.39 is 11.7 Å². The second-order valence-electron chi connectivity index (χ2n) is 15.7. The molecule has 0 saturated heterocycles. The predicted molar refractivity (Wildman–Crippen MR) is 251 cm³/mol. The number of hydrogen-bond acceptors (Lipinski definition) is 2. The standard InChI is InChI=1S/C56H37F3N2/c1-36-22-26-44-48(30-36)50-32-42(60(38-14-6-2-7-15-38)39-16-8-3-9-17-39)24-28-46(50)54-35-53-45-27-23-37(56(57,58)59)31-49(45)51-33-43(25-29-47(51)55(53)34-52(44)54)61(40-18-10-4-11-19-40)41-20-12-5-13-21-41/h2-35H,1H3. The molecular formula is C56H37F3N2. The Morgan fingerprint density at radius 3 is 0.967 bits per heavy atom. The molecule has 0 aliphatic heterocycles. The van der Waals surface area contributed by atoms with Crippen molar-refractivity contribution in [1.29, 1.82) is 0 Å². The third kappa shape index (κ3) is 6.20. The van der Waals surface area contributed by atoms with Crippen molar-refractivity contribution in [3.05, 3.63) is 217 Å². The highest BCUT2D eigenvalue weighted by molar-refractivity contribution is 6.33. The van der Waals surface area contributed by atoms with Crippen LogP contribution in [0.25, 0.3) is 64.6 Å². The van der Waals surface area contributed by atoms with Gasteiger partial charge in [0.25, 0.3) is 0 Å². The third-order valence-electron chi connectivity index (χ3n) is 12.0. The first-order valence-corrected chi connectivity index (χ1v) is 20.4. The smallest absolute Gasteiger partial charge is 0.310 e. The molecule has 11 aromatic rings. The van der Waals surface area contributed by atoms with Crippen LogP contribution in [0.2, 0.25) is 0 Å². The lowest BCUT2D eigenvalue weighted by atomic mass is 9.87. The lowest BCUT2D eigenvalue weighted by Crippen LogP contribution is -2.09. The Bertz CT molecular complexity index is 3380. The third-order valence-corrected chi connectivity index (χ3v) is 12.0. The number of fused-ring (bicyclic) bond motifs is 12. The van der Waals surface area contributed by atoms with E-state index in [0.29, 0.717) is 5.39 Å². The van der Waals surface area contributed by atoms with E-state index in [4.69, 9.17) is 0 Å². The van der Waals surface area contributed by atoms with Crippen LogP contribution in [-0.2, 0) is 6.18 Å². The molecule has 0 atom stereocenters. The lowest BCUT2D eigenvalue weighted by Gasteiger charge is -2.26. The second kappa shape index (κ2) is 14.3. The summed E-state index contributed by atoms with van der Waals surface area (Å²) in [5.41, 5.74) is 6.38. The van der Waals surface area contributed by atoms with Crippen LogP contribution in [-0.4, -0.2) is 0 Å². The van der Waals surface area contributed by atoms with Crippen LogP contribution in [0.4, 0.5) is 47.3 Å². The Morgan fingerprint density at radius 2 is 0.590 bits per heavy atom. The highest BCUT2D eigenvalue weighted by Crippen LogP contribution is 2.47. The zero-order chi connectivity index (χ0) is 41.2. The molecule has 0 N–H and O–H groups in total. The predicted octanol–water partition coefficient (Wildman–Crippen LogP) is 16.9. The van der Waals surface area contributed by atoms with Crippen LogP contribution in [0.15, 0.2) is 206 Å². The van der Waals surface area contributed by atoms with Crippen LogP contribution in [0.5, 0.6) is 0 Å². The molecule has 5 heteroatoms. The summed E-state index contributed by atoms with van der Waals surface area (Å²) in [6.07, 6.45) is -4.51. The first-order chi connectivity index (χ1) is 29.8. The van der Waals surface area contributed by atoms with Gasteiger partial charge in [0.05, 0.1) is 5.56 Å². The van der Waals surface area contributed by atoms with E-state index in [1.807, 2.05) is 72.8 Å². The summed E-state index contributed by atoms with van der Waals surface area (Å²) in [5, 5.41) is 11.5. The van der Waals surface area contributed by atoms with E-state index in [9.17, 15) is 13.2 Å². The van der Waals surface area contributed by atoms with E-state index in [1.165, 1.54) is 12.1 Å². The summed E-state index contributed by atoms with van der Waals surface area (Å²) in [4.78, 5) is 4.42. The minimum atomic E-state index is -4.51. The average Bonchev–Trinajstić information content (AvgIpc) is 3.30. The van der Waals surface area contributed by atoms with Gasteiger partial charge in [-0.25, -0.2) is 0 Å². The minimum absolute atomic E-state index is 0.559. The Kier molecular flexibility index (Phi) is 8.53. The molecule has 0 aromatic heterocycles. The monoisotopic (exact) mass is 794 g/mol. The Balaban J connectivity index is 1.22. The maximum atomic E-state index is 14.5. The molecule has 0 heterocycles. The van der Waals surface area contributed by atoms with Crippen molar-refractivity contribution in [1.82, 2.24) is 0 Å². The Morgan fingerprint density at radius 1 is 0.279 bits per heavy atom. The molecule has 0 bridgehead atoms. The van der Waals surface area contributed by atoms with Crippen LogP contribution < -0.4 is 9.80 Å². The van der Waals surface area contributed by atoms with Gasteiger partial charge >= 0.3 is 6.18 Å². The van der Waals surface area contributed by atoms with Gasteiger partial charge in [-0.05, 0) is 169 Å². The SMILES string of the molecule is Cc1ccc2c(c1)c1cc(N(c3ccccc3)c3ccccc3)ccc1c1cc3c4ccc(C(F)(F)F)cc4c4cc(N(c5ccccc5)c5ccccc5)ccc4c3cc21. The first-order valence-electron chi connectivity index (χ1n) is 20.4. The van der Waals surface area contributed by atoms with Gasteiger partial charge in [-0.15, -0.1) is 0 Å². The average molecular weight is 795 g/mol. The molecule has 0 spiro atoms. The van der Waals surface area contributed by atoms with Gasteiger partial charge in [-0.1, -0.05) is 115 Å². The molecule has 11 aromatic carbocycles. The first kappa shape index (κ1) is 36.4. The van der Waals surface area contributed by atoms with Gasteiger partial charge in [0.2, 0.25) is 0 Å². The lowest BCUT2D eigenvalue weighted by molar-refractivity contribution is -0.137. The molecule has 0 radical (unpaired) electrons. The van der Waals surface area contributed by atoms with E-state index in [-0.39, 0.29) is 0 Å². The van der Waals surface area contributed by atoms with Crippen molar-refractivity contribution in [2.24, 2.45) is 0 Å². The van der Waals surface area contributed by atoms with Crippen LogP contribution >= 0.6 is 0 Å². The molecule has 0 unspecified atom stereocenters. The fourth-order valence-corrected chi connectivity index (χ4v) is 9.25. The van der Waals surface area contributed by atoms with Crippen LogP contribution in [0, 0.1) is 6.92 Å². The molecule has 0 fully saturated rings. The number of alkyl halides is 3. The quantitative estimate of drug-likeness (QED) is 0.122. The molecule has 2 nitrogen and oxygen atoms in total. The fraction of sp³-hybridized carbons (Fsp3) is 0.0357. The maximum Gasteiger partial charge on any atom is 0.416 e. The summed E-state index contributed by atoms with van der Waals surface area (Å²) in [5.74, 6) is 0. The molecular weight excluding hydrogens is 758 g/mol. The summed E-state index contributed by atoms with van der Waals surface area (Å²) in [6.45, 7) is 2.13. The van der Waals surface area contributed by atoms with E-state index in [1.54, 1.807) is 6.07 Å². The van der Waals surface area contributed by atoms with Gasteiger partial charge in [0.15, 0.2) is 0 Å². The molecule has 0 aliphatic rings. The second-order valence-corrected chi connectivity index (χ2v) is 15.7. The zero-order valence-electron chi connectivity index (χ0n) is 33.2. The van der Waals surface area contributed by atoms with Crippen molar-refractivity contribution in [3.63, 3.8) is 0 Å². The number of aryl methyl sites for hydroxylation is 1. The highest BCUT2D eigenvalue weighted by Gasteiger charge is 2.31. The van der Waals surface area contributed by atoms with Gasteiger partial charge in [0.1, 0.15) is 0 Å². The van der Waals surface area contributed by atoms with Crippen molar-refractivity contribution in [2.45, 2.75) is 13.1 Å². The minimum Gasteiger partial charge on any atom is -0.310 e. The molecule has 61 heavy (non-hydrogen) atoms. The number of para-hydroxylation sites is 4.